The van der Waals surface area contributed by atoms with E-state index in [0.29, 0.717) is 21.9 Å². The van der Waals surface area contributed by atoms with Gasteiger partial charge in [-0.05, 0) is 61.0 Å². The maximum absolute atomic E-state index is 12.9. The fourth-order valence-corrected chi connectivity index (χ4v) is 4.39. The number of rotatable bonds is 7. The van der Waals surface area contributed by atoms with E-state index < -0.39 is 0 Å². The second-order valence-corrected chi connectivity index (χ2v) is 8.99. The van der Waals surface area contributed by atoms with Gasteiger partial charge in [-0.25, -0.2) is 0 Å². The Morgan fingerprint density at radius 1 is 0.971 bits per heavy atom. The summed E-state index contributed by atoms with van der Waals surface area (Å²) in [6, 6.07) is 22.3. The fraction of sp³-hybridized carbons (Fsp3) is 0.148. The number of hydrogen-bond donors (Lipinski definition) is 1. The zero-order chi connectivity index (χ0) is 24.1. The summed E-state index contributed by atoms with van der Waals surface area (Å²) in [6.45, 7) is 3.95. The minimum absolute atomic E-state index is 0.187. The number of ether oxygens (including phenoxy) is 1. The van der Waals surface area contributed by atoms with Crippen LogP contribution in [0.15, 0.2) is 77.7 Å². The number of hydrogen-bond acceptors (Lipinski definition) is 5. The van der Waals surface area contributed by atoms with Gasteiger partial charge >= 0.3 is 0 Å². The van der Waals surface area contributed by atoms with E-state index in [-0.39, 0.29) is 30.2 Å². The summed E-state index contributed by atoms with van der Waals surface area (Å²) in [5.41, 5.74) is 4.32. The first-order valence-corrected chi connectivity index (χ1v) is 11.6. The van der Waals surface area contributed by atoms with Crippen molar-refractivity contribution in [3.8, 4) is 5.75 Å². The lowest BCUT2D eigenvalue weighted by molar-refractivity contribution is -0.123. The molecule has 6 nitrogen and oxygen atoms in total. The average molecular weight is 473 g/mol. The molecular weight excluding hydrogens is 448 g/mol. The van der Waals surface area contributed by atoms with Crippen molar-refractivity contribution in [3.63, 3.8) is 0 Å². The molecule has 1 saturated heterocycles. The third kappa shape index (κ3) is 5.74. The van der Waals surface area contributed by atoms with Gasteiger partial charge in [0.25, 0.3) is 17.1 Å². The molecule has 0 aromatic heterocycles. The smallest absolute Gasteiger partial charge is 0.293 e. The minimum atomic E-state index is -0.344. The van der Waals surface area contributed by atoms with E-state index >= 15 is 0 Å². The first-order valence-electron chi connectivity index (χ1n) is 10.8. The summed E-state index contributed by atoms with van der Waals surface area (Å²) < 4.78 is 5.73. The van der Waals surface area contributed by atoms with Crippen molar-refractivity contribution in [2.45, 2.75) is 20.4 Å². The zero-order valence-corrected chi connectivity index (χ0v) is 19.7. The maximum Gasteiger partial charge on any atom is 0.293 e. The number of imide groups is 1. The molecule has 3 aromatic carbocycles. The van der Waals surface area contributed by atoms with Crippen molar-refractivity contribution in [3.05, 3.63) is 100.0 Å². The van der Waals surface area contributed by atoms with Crippen LogP contribution in [0.25, 0.3) is 6.08 Å². The molecule has 0 aliphatic carbocycles. The van der Waals surface area contributed by atoms with Gasteiger partial charge in [-0.1, -0.05) is 60.2 Å². The van der Waals surface area contributed by atoms with Crippen LogP contribution in [0.2, 0.25) is 0 Å². The number of carbonyl (C=O) groups is 3. The summed E-state index contributed by atoms with van der Waals surface area (Å²) in [4.78, 5) is 39.3. The Balaban J connectivity index is 1.44. The van der Waals surface area contributed by atoms with Gasteiger partial charge in [0.2, 0.25) is 0 Å². The summed E-state index contributed by atoms with van der Waals surface area (Å²) in [5, 5.41) is 2.49. The SMILES string of the molecule is Cc1cccc(CN2C(=O)S/C(=C\c3ccccc3OCC(=O)Nc3cccc(C)c3)C2=O)c1. The van der Waals surface area contributed by atoms with E-state index in [1.165, 1.54) is 4.90 Å². The molecule has 0 saturated carbocycles. The number of benzene rings is 3. The normalized spacial score (nSPS) is 14.5. The van der Waals surface area contributed by atoms with E-state index in [4.69, 9.17) is 4.74 Å². The highest BCUT2D eigenvalue weighted by molar-refractivity contribution is 8.18. The van der Waals surface area contributed by atoms with Crippen LogP contribution in [0.5, 0.6) is 5.75 Å². The van der Waals surface area contributed by atoms with Crippen molar-refractivity contribution < 1.29 is 19.1 Å². The molecule has 1 fully saturated rings. The van der Waals surface area contributed by atoms with Crippen molar-refractivity contribution in [1.82, 2.24) is 4.90 Å². The van der Waals surface area contributed by atoms with Gasteiger partial charge in [0.15, 0.2) is 6.61 Å². The summed E-state index contributed by atoms with van der Waals surface area (Å²) >= 11 is 0.900. The lowest BCUT2D eigenvalue weighted by Crippen LogP contribution is -2.27. The minimum Gasteiger partial charge on any atom is -0.483 e. The number of amides is 3. The Morgan fingerprint density at radius 3 is 2.47 bits per heavy atom. The first-order chi connectivity index (χ1) is 16.4. The monoisotopic (exact) mass is 472 g/mol. The molecule has 3 amide bonds. The van der Waals surface area contributed by atoms with Crippen LogP contribution in [-0.4, -0.2) is 28.6 Å². The lowest BCUT2D eigenvalue weighted by atomic mass is 10.1. The first kappa shape index (κ1) is 23.3. The van der Waals surface area contributed by atoms with Gasteiger partial charge in [0.1, 0.15) is 5.75 Å². The summed E-state index contributed by atoms with van der Waals surface area (Å²) in [7, 11) is 0. The van der Waals surface area contributed by atoms with Gasteiger partial charge in [0.05, 0.1) is 11.4 Å². The van der Waals surface area contributed by atoms with Crippen molar-refractivity contribution >= 4 is 40.6 Å². The summed E-state index contributed by atoms with van der Waals surface area (Å²) in [5.74, 6) is -0.185. The third-order valence-electron chi connectivity index (χ3n) is 5.16. The number of anilines is 1. The van der Waals surface area contributed by atoms with E-state index in [0.717, 1.165) is 28.5 Å². The van der Waals surface area contributed by atoms with Crippen LogP contribution in [0.4, 0.5) is 10.5 Å². The highest BCUT2D eigenvalue weighted by atomic mass is 32.2. The number of carbonyl (C=O) groups excluding carboxylic acids is 3. The molecule has 1 heterocycles. The second-order valence-electron chi connectivity index (χ2n) is 8.00. The van der Waals surface area contributed by atoms with Crippen LogP contribution in [0, 0.1) is 13.8 Å². The molecule has 1 N–H and O–H groups in total. The highest BCUT2D eigenvalue weighted by Gasteiger charge is 2.35. The quantitative estimate of drug-likeness (QED) is 0.456. The van der Waals surface area contributed by atoms with Gasteiger partial charge in [-0.3, -0.25) is 19.3 Å². The summed E-state index contributed by atoms with van der Waals surface area (Å²) in [6.07, 6.45) is 1.63. The molecule has 172 valence electrons. The van der Waals surface area contributed by atoms with Crippen LogP contribution in [-0.2, 0) is 16.1 Å². The number of nitrogens with zero attached hydrogens (tertiary/aromatic N) is 1. The molecule has 3 aromatic rings. The van der Waals surface area contributed by atoms with Crippen molar-refractivity contribution in [2.75, 3.05) is 11.9 Å². The molecular formula is C27H24N2O4S. The Morgan fingerprint density at radius 2 is 1.71 bits per heavy atom. The van der Waals surface area contributed by atoms with Gasteiger partial charge in [0, 0.05) is 11.3 Å². The number of nitrogens with one attached hydrogen (secondary N) is 1. The molecule has 34 heavy (non-hydrogen) atoms. The van der Waals surface area contributed by atoms with Crippen molar-refractivity contribution in [1.29, 1.82) is 0 Å². The lowest BCUT2D eigenvalue weighted by Gasteiger charge is -2.13. The van der Waals surface area contributed by atoms with Gasteiger partial charge < -0.3 is 10.1 Å². The number of aryl methyl sites for hydroxylation is 2. The van der Waals surface area contributed by atoms with Crippen LogP contribution in [0.3, 0.4) is 0 Å². The molecule has 0 atom stereocenters. The predicted octanol–water partition coefficient (Wildman–Crippen LogP) is 5.56. The van der Waals surface area contributed by atoms with Gasteiger partial charge in [-0.2, -0.15) is 0 Å². The fourth-order valence-electron chi connectivity index (χ4n) is 3.57. The Labute approximate surface area is 202 Å². The predicted molar refractivity (Wildman–Crippen MR) is 134 cm³/mol. The van der Waals surface area contributed by atoms with Crippen LogP contribution >= 0.6 is 11.8 Å². The Bertz CT molecular complexity index is 1280. The molecule has 0 unspecified atom stereocenters. The molecule has 1 aliphatic rings. The highest BCUT2D eigenvalue weighted by Crippen LogP contribution is 2.35. The molecule has 1 aliphatic heterocycles. The molecule has 7 heteroatoms. The standard InChI is InChI=1S/C27H24N2O4S/c1-18-7-5-9-20(13-18)16-29-26(31)24(34-27(29)32)15-21-10-3-4-12-23(21)33-17-25(30)28-22-11-6-8-19(2)14-22/h3-15H,16-17H2,1-2H3,(H,28,30)/b24-15-. The maximum atomic E-state index is 12.9. The van der Waals surface area contributed by atoms with Crippen LogP contribution < -0.4 is 10.1 Å². The average Bonchev–Trinajstić information content (AvgIpc) is 3.06. The van der Waals surface area contributed by atoms with E-state index in [1.54, 1.807) is 24.3 Å². The molecule has 0 spiro atoms. The Hall–Kier alpha value is -3.84. The number of thioether (sulfide) groups is 1. The Kier molecular flexibility index (Phi) is 7.13. The van der Waals surface area contributed by atoms with Crippen LogP contribution in [0.1, 0.15) is 22.3 Å². The van der Waals surface area contributed by atoms with E-state index in [2.05, 4.69) is 5.32 Å². The molecule has 0 bridgehead atoms. The zero-order valence-electron chi connectivity index (χ0n) is 18.9. The third-order valence-corrected chi connectivity index (χ3v) is 6.07. The second kappa shape index (κ2) is 10.4. The van der Waals surface area contributed by atoms with E-state index in [9.17, 15) is 14.4 Å². The number of para-hydroxylation sites is 1. The largest absolute Gasteiger partial charge is 0.483 e. The van der Waals surface area contributed by atoms with Gasteiger partial charge in [-0.15, -0.1) is 0 Å². The van der Waals surface area contributed by atoms with Crippen molar-refractivity contribution in [2.24, 2.45) is 0 Å². The topological polar surface area (TPSA) is 75.7 Å². The molecule has 4 rings (SSSR count). The van der Waals surface area contributed by atoms with E-state index in [1.807, 2.05) is 68.4 Å². The molecule has 0 radical (unpaired) electrons.